The first-order chi connectivity index (χ1) is 6.77. The van der Waals surface area contributed by atoms with Gasteiger partial charge in [-0.15, -0.1) is 0 Å². The van der Waals surface area contributed by atoms with Crippen LogP contribution in [0.15, 0.2) is 18.2 Å². The Morgan fingerprint density at radius 3 is 2.93 bits per heavy atom. The fourth-order valence-corrected chi connectivity index (χ4v) is 1.86. The molecule has 2 rings (SSSR count). The third-order valence-electron chi connectivity index (χ3n) is 2.28. The first kappa shape index (κ1) is 9.37. The van der Waals surface area contributed by atoms with Crippen molar-refractivity contribution < 1.29 is 4.74 Å². The summed E-state index contributed by atoms with van der Waals surface area (Å²) >= 11 is 6.01. The van der Waals surface area contributed by atoms with E-state index in [4.69, 9.17) is 22.1 Å². The average molecular weight is 211 g/mol. The van der Waals surface area contributed by atoms with E-state index in [9.17, 15) is 0 Å². The van der Waals surface area contributed by atoms with Crippen molar-refractivity contribution in [2.45, 2.75) is 6.54 Å². The molecule has 0 amide bonds. The van der Waals surface area contributed by atoms with Gasteiger partial charge in [-0.1, -0.05) is 23.7 Å². The number of nitrogens with one attached hydrogen (secondary N) is 1. The van der Waals surface area contributed by atoms with Gasteiger partial charge in [-0.05, 0) is 6.07 Å². The Balaban J connectivity index is 2.79. The molecule has 4 heteroatoms. The van der Waals surface area contributed by atoms with Gasteiger partial charge in [-0.3, -0.25) is 0 Å². The number of halogens is 1. The lowest BCUT2D eigenvalue weighted by Gasteiger charge is -2.00. The summed E-state index contributed by atoms with van der Waals surface area (Å²) < 4.78 is 5.21. The molecule has 14 heavy (non-hydrogen) atoms. The van der Waals surface area contributed by atoms with E-state index in [0.717, 1.165) is 22.2 Å². The van der Waals surface area contributed by atoms with Crippen LogP contribution in [0.3, 0.4) is 0 Å². The van der Waals surface area contributed by atoms with Gasteiger partial charge in [0.25, 0.3) is 0 Å². The molecule has 0 aliphatic heterocycles. The van der Waals surface area contributed by atoms with Crippen molar-refractivity contribution in [2.24, 2.45) is 5.73 Å². The zero-order chi connectivity index (χ0) is 10.1. The molecule has 3 N–H and O–H groups in total. The van der Waals surface area contributed by atoms with Crippen LogP contribution in [0.1, 0.15) is 5.56 Å². The molecule has 0 saturated heterocycles. The zero-order valence-electron chi connectivity index (χ0n) is 7.80. The normalized spacial score (nSPS) is 10.8. The number of H-pyrrole nitrogens is 1. The van der Waals surface area contributed by atoms with Crippen LogP contribution in [-0.4, -0.2) is 12.1 Å². The number of nitrogens with two attached hydrogens (primary N) is 1. The lowest BCUT2D eigenvalue weighted by Crippen LogP contribution is -1.95. The minimum absolute atomic E-state index is 0.423. The van der Waals surface area contributed by atoms with Gasteiger partial charge in [0.2, 0.25) is 0 Å². The molecule has 74 valence electrons. The second-order valence-electron chi connectivity index (χ2n) is 3.00. The van der Waals surface area contributed by atoms with Crippen molar-refractivity contribution in [3.05, 3.63) is 28.9 Å². The van der Waals surface area contributed by atoms with Gasteiger partial charge in [0.05, 0.1) is 12.6 Å². The van der Waals surface area contributed by atoms with Crippen LogP contribution in [0.2, 0.25) is 5.15 Å². The molecule has 0 bridgehead atoms. The molecule has 1 aromatic heterocycles. The van der Waals surface area contributed by atoms with Crippen LogP contribution in [-0.2, 0) is 6.54 Å². The van der Waals surface area contributed by atoms with Crippen LogP contribution < -0.4 is 10.5 Å². The highest BCUT2D eigenvalue weighted by Crippen LogP contribution is 2.31. The first-order valence-corrected chi connectivity index (χ1v) is 4.69. The fourth-order valence-electron chi connectivity index (χ4n) is 1.58. The zero-order valence-corrected chi connectivity index (χ0v) is 8.56. The molecule has 0 aliphatic carbocycles. The van der Waals surface area contributed by atoms with E-state index in [1.54, 1.807) is 7.11 Å². The molecular formula is C10H11ClN2O. The topological polar surface area (TPSA) is 51.0 Å². The van der Waals surface area contributed by atoms with Crippen molar-refractivity contribution in [3.63, 3.8) is 0 Å². The maximum atomic E-state index is 6.01. The summed E-state index contributed by atoms with van der Waals surface area (Å²) in [5, 5.41) is 1.61. The van der Waals surface area contributed by atoms with Crippen molar-refractivity contribution in [1.82, 2.24) is 4.98 Å². The van der Waals surface area contributed by atoms with Crippen molar-refractivity contribution >= 4 is 22.5 Å². The van der Waals surface area contributed by atoms with E-state index in [1.807, 2.05) is 18.2 Å². The number of aromatic amines is 1. The summed E-state index contributed by atoms with van der Waals surface area (Å²) in [6, 6.07) is 5.78. The SMILES string of the molecule is COc1cccc2c(CN)c(Cl)[nH]c12. The van der Waals surface area contributed by atoms with Gasteiger partial charge in [0.15, 0.2) is 0 Å². The highest BCUT2D eigenvalue weighted by atomic mass is 35.5. The maximum Gasteiger partial charge on any atom is 0.142 e. The lowest BCUT2D eigenvalue weighted by molar-refractivity contribution is 0.419. The summed E-state index contributed by atoms with van der Waals surface area (Å²) in [5.41, 5.74) is 7.44. The standard InChI is InChI=1S/C10H11ClN2O/c1-14-8-4-2-3-6-7(5-12)10(11)13-9(6)8/h2-4,13H,5,12H2,1H3. The monoisotopic (exact) mass is 210 g/mol. The van der Waals surface area contributed by atoms with Gasteiger partial charge < -0.3 is 15.5 Å². The van der Waals surface area contributed by atoms with Crippen LogP contribution >= 0.6 is 11.6 Å². The van der Waals surface area contributed by atoms with E-state index >= 15 is 0 Å². The minimum atomic E-state index is 0.423. The molecular weight excluding hydrogens is 200 g/mol. The smallest absolute Gasteiger partial charge is 0.142 e. The Morgan fingerprint density at radius 1 is 1.50 bits per heavy atom. The fraction of sp³-hybridized carbons (Fsp3) is 0.200. The molecule has 0 atom stereocenters. The number of aromatic nitrogens is 1. The molecule has 1 heterocycles. The summed E-state index contributed by atoms with van der Waals surface area (Å²) in [4.78, 5) is 3.06. The van der Waals surface area contributed by atoms with Crippen LogP contribution in [0, 0.1) is 0 Å². The van der Waals surface area contributed by atoms with Crippen LogP contribution in [0.5, 0.6) is 5.75 Å². The number of fused-ring (bicyclic) bond motifs is 1. The average Bonchev–Trinajstić information content (AvgIpc) is 2.52. The Morgan fingerprint density at radius 2 is 2.29 bits per heavy atom. The van der Waals surface area contributed by atoms with E-state index in [2.05, 4.69) is 4.98 Å². The van der Waals surface area contributed by atoms with Crippen molar-refractivity contribution in [3.8, 4) is 5.75 Å². The summed E-state index contributed by atoms with van der Waals surface area (Å²) in [5.74, 6) is 0.782. The van der Waals surface area contributed by atoms with E-state index < -0.39 is 0 Å². The quantitative estimate of drug-likeness (QED) is 0.799. The molecule has 0 saturated carbocycles. The molecule has 1 aromatic carbocycles. The lowest BCUT2D eigenvalue weighted by atomic mass is 10.1. The Labute approximate surface area is 86.8 Å². The Hall–Kier alpha value is -1.19. The number of benzene rings is 1. The molecule has 2 aromatic rings. The minimum Gasteiger partial charge on any atom is -0.495 e. The number of hydrogen-bond acceptors (Lipinski definition) is 2. The molecule has 0 radical (unpaired) electrons. The van der Waals surface area contributed by atoms with Gasteiger partial charge >= 0.3 is 0 Å². The third kappa shape index (κ3) is 1.25. The summed E-state index contributed by atoms with van der Waals surface area (Å²) in [6.07, 6.45) is 0. The number of ether oxygens (including phenoxy) is 1. The highest BCUT2D eigenvalue weighted by Gasteiger charge is 2.10. The third-order valence-corrected chi connectivity index (χ3v) is 2.60. The Kier molecular flexibility index (Phi) is 2.35. The molecule has 0 fully saturated rings. The van der Waals surface area contributed by atoms with Crippen molar-refractivity contribution in [1.29, 1.82) is 0 Å². The summed E-state index contributed by atoms with van der Waals surface area (Å²) in [6.45, 7) is 0.423. The second kappa shape index (κ2) is 3.52. The molecule has 0 spiro atoms. The van der Waals surface area contributed by atoms with Crippen LogP contribution in [0.4, 0.5) is 0 Å². The largest absolute Gasteiger partial charge is 0.495 e. The number of hydrogen-bond donors (Lipinski definition) is 2. The number of methoxy groups -OCH3 is 1. The van der Waals surface area contributed by atoms with E-state index in [-0.39, 0.29) is 0 Å². The molecule has 3 nitrogen and oxygen atoms in total. The summed E-state index contributed by atoms with van der Waals surface area (Å²) in [7, 11) is 1.63. The van der Waals surface area contributed by atoms with Crippen LogP contribution in [0.25, 0.3) is 10.9 Å². The second-order valence-corrected chi connectivity index (χ2v) is 3.38. The predicted molar refractivity (Wildman–Crippen MR) is 57.8 cm³/mol. The molecule has 0 unspecified atom stereocenters. The number of rotatable bonds is 2. The number of para-hydroxylation sites is 1. The van der Waals surface area contributed by atoms with Gasteiger partial charge in [-0.25, -0.2) is 0 Å². The maximum absolute atomic E-state index is 6.01. The highest BCUT2D eigenvalue weighted by molar-refractivity contribution is 6.31. The van der Waals surface area contributed by atoms with Gasteiger partial charge in [0, 0.05) is 17.5 Å². The van der Waals surface area contributed by atoms with Gasteiger partial charge in [0.1, 0.15) is 10.9 Å². The van der Waals surface area contributed by atoms with E-state index in [1.165, 1.54) is 0 Å². The predicted octanol–water partition coefficient (Wildman–Crippen LogP) is 2.29. The molecule has 0 aliphatic rings. The van der Waals surface area contributed by atoms with Gasteiger partial charge in [-0.2, -0.15) is 0 Å². The van der Waals surface area contributed by atoms with Crippen molar-refractivity contribution in [2.75, 3.05) is 7.11 Å². The van der Waals surface area contributed by atoms with E-state index in [0.29, 0.717) is 11.7 Å². The first-order valence-electron chi connectivity index (χ1n) is 4.31. The Bertz CT molecular complexity index is 464.